The normalized spacial score (nSPS) is 12.0. The van der Waals surface area contributed by atoms with Gasteiger partial charge in [0.25, 0.3) is 0 Å². The smallest absolute Gasteiger partial charge is 0.306 e. The first-order valence-corrected chi connectivity index (χ1v) is 19.6. The first-order chi connectivity index (χ1) is 21.6. The third kappa shape index (κ3) is 33.8. The molecule has 1 unspecified atom stereocenters. The van der Waals surface area contributed by atoms with Gasteiger partial charge < -0.3 is 14.2 Å². The molecule has 0 heterocycles. The van der Waals surface area contributed by atoms with Crippen LogP contribution >= 0.6 is 0 Å². The van der Waals surface area contributed by atoms with Crippen LogP contribution in [0.15, 0.2) is 0 Å². The minimum absolute atomic E-state index is 0.0949. The minimum atomic E-state index is -0.517. The summed E-state index contributed by atoms with van der Waals surface area (Å²) in [6.07, 6.45) is 35.2. The molecule has 0 radical (unpaired) electrons. The third-order valence-corrected chi connectivity index (χ3v) is 8.64. The lowest BCUT2D eigenvalue weighted by molar-refractivity contribution is -0.163. The number of hydrogen-bond donors (Lipinski definition) is 0. The van der Waals surface area contributed by atoms with Crippen molar-refractivity contribution in [1.82, 2.24) is 0 Å². The van der Waals surface area contributed by atoms with E-state index in [9.17, 15) is 9.59 Å². The largest absolute Gasteiger partial charge is 0.462 e. The van der Waals surface area contributed by atoms with E-state index in [2.05, 4.69) is 20.8 Å². The molecule has 0 amide bonds. The lowest BCUT2D eigenvalue weighted by Gasteiger charge is -2.18. The Morgan fingerprint density at radius 3 is 1.16 bits per heavy atom. The Hall–Kier alpha value is -1.10. The molecule has 1 atom stereocenters. The second-order valence-electron chi connectivity index (χ2n) is 13.2. The molecule has 0 spiro atoms. The van der Waals surface area contributed by atoms with E-state index in [0.717, 1.165) is 32.1 Å². The maximum absolute atomic E-state index is 12.5. The van der Waals surface area contributed by atoms with Crippen LogP contribution in [0.25, 0.3) is 0 Å². The second-order valence-corrected chi connectivity index (χ2v) is 13.2. The number of carbonyl (C=O) groups is 2. The molecule has 44 heavy (non-hydrogen) atoms. The maximum Gasteiger partial charge on any atom is 0.306 e. The Kier molecular flexibility index (Phi) is 35.5. The first kappa shape index (κ1) is 42.9. The first-order valence-electron chi connectivity index (χ1n) is 19.6. The van der Waals surface area contributed by atoms with Gasteiger partial charge in [-0.15, -0.1) is 0 Å². The van der Waals surface area contributed by atoms with Crippen molar-refractivity contribution >= 4 is 11.9 Å². The van der Waals surface area contributed by atoms with Crippen LogP contribution in [0.5, 0.6) is 0 Å². The highest BCUT2D eigenvalue weighted by molar-refractivity contribution is 5.70. The number of unbranched alkanes of at least 4 members (excludes halogenated alkanes) is 25. The molecular weight excluding hydrogens is 548 g/mol. The van der Waals surface area contributed by atoms with Crippen molar-refractivity contribution < 1.29 is 23.8 Å². The van der Waals surface area contributed by atoms with Gasteiger partial charge >= 0.3 is 11.9 Å². The van der Waals surface area contributed by atoms with Crippen LogP contribution in [0.3, 0.4) is 0 Å². The molecule has 0 bridgehead atoms. The van der Waals surface area contributed by atoms with Gasteiger partial charge in [0.2, 0.25) is 0 Å². The van der Waals surface area contributed by atoms with Crippen LogP contribution < -0.4 is 0 Å². The van der Waals surface area contributed by atoms with Gasteiger partial charge in [-0.1, -0.05) is 181 Å². The summed E-state index contributed by atoms with van der Waals surface area (Å²) in [6, 6.07) is 0. The van der Waals surface area contributed by atoms with Crippen LogP contribution in [0.2, 0.25) is 0 Å². The van der Waals surface area contributed by atoms with Crippen molar-refractivity contribution in [3.8, 4) is 0 Å². The van der Waals surface area contributed by atoms with Crippen molar-refractivity contribution in [2.24, 2.45) is 0 Å². The highest BCUT2D eigenvalue weighted by Gasteiger charge is 2.17. The molecule has 0 aromatic carbocycles. The summed E-state index contributed by atoms with van der Waals surface area (Å²) < 4.78 is 17.1. The van der Waals surface area contributed by atoms with E-state index >= 15 is 0 Å². The molecular formula is C39H76O5. The van der Waals surface area contributed by atoms with Gasteiger partial charge in [-0.05, 0) is 19.3 Å². The van der Waals surface area contributed by atoms with Crippen molar-refractivity contribution in [2.45, 2.75) is 219 Å². The molecule has 0 aliphatic rings. The van der Waals surface area contributed by atoms with Crippen LogP contribution in [0.4, 0.5) is 0 Å². The molecule has 5 nitrogen and oxygen atoms in total. The Morgan fingerprint density at radius 1 is 0.409 bits per heavy atom. The fraction of sp³-hybridized carbons (Fsp3) is 0.949. The average molecular weight is 625 g/mol. The summed E-state index contributed by atoms with van der Waals surface area (Å²) in [5.41, 5.74) is 0. The Labute approximate surface area is 274 Å². The average Bonchev–Trinajstić information content (AvgIpc) is 3.02. The summed E-state index contributed by atoms with van der Waals surface area (Å²) in [4.78, 5) is 24.9. The molecule has 0 saturated heterocycles. The molecule has 0 N–H and O–H groups in total. The Balaban J connectivity index is 4.15. The summed E-state index contributed by atoms with van der Waals surface area (Å²) in [5.74, 6) is -0.392. The summed E-state index contributed by atoms with van der Waals surface area (Å²) >= 11 is 0. The highest BCUT2D eigenvalue weighted by Crippen LogP contribution is 2.14. The van der Waals surface area contributed by atoms with Gasteiger partial charge in [-0.2, -0.15) is 0 Å². The number of ether oxygens (including phenoxy) is 3. The zero-order valence-corrected chi connectivity index (χ0v) is 30.0. The third-order valence-electron chi connectivity index (χ3n) is 8.64. The van der Waals surface area contributed by atoms with E-state index < -0.39 is 6.10 Å². The molecule has 0 aliphatic carbocycles. The van der Waals surface area contributed by atoms with E-state index in [-0.39, 0.29) is 18.5 Å². The van der Waals surface area contributed by atoms with Gasteiger partial charge in [0.05, 0.1) is 6.61 Å². The van der Waals surface area contributed by atoms with Crippen LogP contribution in [0.1, 0.15) is 213 Å². The van der Waals surface area contributed by atoms with E-state index in [4.69, 9.17) is 14.2 Å². The zero-order chi connectivity index (χ0) is 32.2. The standard InChI is InChI=1S/C39H76O5/c1-4-7-10-13-16-18-20-21-24-26-29-32-38(40)43-36-37(44-39(41)33-30-27-23-15-12-9-6-3)35-42-34-31-28-25-22-19-17-14-11-8-5-2/h37H,4-36H2,1-3H3. The molecule has 0 aliphatic heterocycles. The van der Waals surface area contributed by atoms with Gasteiger partial charge in [0.15, 0.2) is 6.10 Å². The van der Waals surface area contributed by atoms with Crippen molar-refractivity contribution in [3.05, 3.63) is 0 Å². The van der Waals surface area contributed by atoms with E-state index in [0.29, 0.717) is 26.1 Å². The van der Waals surface area contributed by atoms with Crippen LogP contribution in [-0.4, -0.2) is 37.9 Å². The van der Waals surface area contributed by atoms with E-state index in [1.165, 1.54) is 148 Å². The molecule has 0 fully saturated rings. The Morgan fingerprint density at radius 2 is 0.750 bits per heavy atom. The van der Waals surface area contributed by atoms with Gasteiger partial charge in [0, 0.05) is 19.4 Å². The van der Waals surface area contributed by atoms with Gasteiger partial charge in [-0.25, -0.2) is 0 Å². The molecule has 262 valence electrons. The Bertz CT molecular complexity index is 593. The number of hydrogen-bond acceptors (Lipinski definition) is 5. The molecule has 5 heteroatoms. The lowest BCUT2D eigenvalue weighted by Crippen LogP contribution is -2.30. The number of carbonyl (C=O) groups excluding carboxylic acids is 2. The molecule has 0 aromatic heterocycles. The predicted octanol–water partition coefficient (Wildman–Crippen LogP) is 12.2. The van der Waals surface area contributed by atoms with E-state index in [1.54, 1.807) is 0 Å². The van der Waals surface area contributed by atoms with Gasteiger partial charge in [-0.3, -0.25) is 9.59 Å². The summed E-state index contributed by atoms with van der Waals surface area (Å²) in [6.45, 7) is 7.80. The SMILES string of the molecule is CCCCCCCCCCCCCC(=O)OCC(COCCCCCCCCCCCC)OC(=O)CCCCCCCCC. The number of esters is 2. The predicted molar refractivity (Wildman–Crippen MR) is 187 cm³/mol. The van der Waals surface area contributed by atoms with Gasteiger partial charge in [0.1, 0.15) is 6.61 Å². The van der Waals surface area contributed by atoms with Crippen molar-refractivity contribution in [1.29, 1.82) is 0 Å². The maximum atomic E-state index is 12.5. The number of rotatable bonds is 36. The molecule has 0 saturated carbocycles. The van der Waals surface area contributed by atoms with Crippen LogP contribution in [0, 0.1) is 0 Å². The highest BCUT2D eigenvalue weighted by atomic mass is 16.6. The van der Waals surface area contributed by atoms with E-state index in [1.807, 2.05) is 0 Å². The second kappa shape index (κ2) is 36.4. The molecule has 0 rings (SSSR count). The molecule has 0 aromatic rings. The lowest BCUT2D eigenvalue weighted by atomic mass is 10.1. The summed E-state index contributed by atoms with van der Waals surface area (Å²) in [5, 5.41) is 0. The van der Waals surface area contributed by atoms with Crippen molar-refractivity contribution in [2.75, 3.05) is 19.8 Å². The fourth-order valence-electron chi connectivity index (χ4n) is 5.69. The van der Waals surface area contributed by atoms with Crippen LogP contribution in [-0.2, 0) is 23.8 Å². The van der Waals surface area contributed by atoms with Crippen molar-refractivity contribution in [3.63, 3.8) is 0 Å². The topological polar surface area (TPSA) is 61.8 Å². The summed E-state index contributed by atoms with van der Waals surface area (Å²) in [7, 11) is 0. The minimum Gasteiger partial charge on any atom is -0.462 e. The zero-order valence-electron chi connectivity index (χ0n) is 30.0. The monoisotopic (exact) mass is 625 g/mol. The fourth-order valence-corrected chi connectivity index (χ4v) is 5.69. The quantitative estimate of drug-likeness (QED) is 0.0512.